The van der Waals surface area contributed by atoms with Gasteiger partial charge in [-0.2, -0.15) is 0 Å². The molecular weight excluding hydrogens is 221 g/mol. The van der Waals surface area contributed by atoms with E-state index in [0.717, 1.165) is 25.3 Å². The molecule has 1 heterocycles. The van der Waals surface area contributed by atoms with E-state index in [-0.39, 0.29) is 5.82 Å². The van der Waals surface area contributed by atoms with Gasteiger partial charge in [-0.15, -0.1) is 0 Å². The molecule has 1 saturated heterocycles. The van der Waals surface area contributed by atoms with Crippen molar-refractivity contribution in [3.05, 3.63) is 24.0 Å². The second-order valence-electron chi connectivity index (χ2n) is 4.17. The summed E-state index contributed by atoms with van der Waals surface area (Å²) in [5, 5.41) is 5.84. The van der Waals surface area contributed by atoms with Crippen LogP contribution in [0.2, 0.25) is 0 Å². The van der Waals surface area contributed by atoms with Crippen LogP contribution in [-0.2, 0) is 4.79 Å². The van der Waals surface area contributed by atoms with Crippen molar-refractivity contribution in [1.29, 1.82) is 0 Å². The average molecular weight is 237 g/mol. The van der Waals surface area contributed by atoms with Crippen LogP contribution in [0.3, 0.4) is 0 Å². The molecule has 1 aromatic rings. The lowest BCUT2D eigenvalue weighted by molar-refractivity contribution is -0.105. The number of halogens is 1. The van der Waals surface area contributed by atoms with Gasteiger partial charge >= 0.3 is 0 Å². The molecule has 17 heavy (non-hydrogen) atoms. The summed E-state index contributed by atoms with van der Waals surface area (Å²) in [5.41, 5.74) is 1.39. The van der Waals surface area contributed by atoms with E-state index in [1.54, 1.807) is 6.07 Å². The molecule has 2 rings (SSSR count). The largest absolute Gasteiger partial charge is 0.365 e. The maximum atomic E-state index is 13.1. The predicted molar refractivity (Wildman–Crippen MR) is 65.8 cm³/mol. The normalized spacial score (nSPS) is 20.1. The van der Waals surface area contributed by atoms with Gasteiger partial charge in [-0.25, -0.2) is 4.39 Å². The topological polar surface area (TPSA) is 44.4 Å². The molecule has 1 fully saturated rings. The summed E-state index contributed by atoms with van der Waals surface area (Å²) in [5.74, 6) is -0.346. The van der Waals surface area contributed by atoms with Crippen LogP contribution in [0, 0.1) is 5.82 Å². The Morgan fingerprint density at radius 2 is 2.41 bits per heavy atom. The lowest BCUT2D eigenvalue weighted by Gasteiger charge is -2.36. The molecule has 1 aliphatic heterocycles. The molecule has 0 aliphatic carbocycles. The monoisotopic (exact) mass is 237 g/mol. The molecule has 2 N–H and O–H groups in total. The summed E-state index contributed by atoms with van der Waals surface area (Å²) >= 11 is 0. The van der Waals surface area contributed by atoms with Gasteiger partial charge in [0.05, 0.1) is 11.4 Å². The smallest absolute Gasteiger partial charge is 0.211 e. The van der Waals surface area contributed by atoms with Gasteiger partial charge in [0.2, 0.25) is 6.41 Å². The van der Waals surface area contributed by atoms with Crippen molar-refractivity contribution in [3.8, 4) is 0 Å². The zero-order chi connectivity index (χ0) is 12.3. The molecule has 1 atom stereocenters. The second kappa shape index (κ2) is 5.14. The van der Waals surface area contributed by atoms with Gasteiger partial charge in [0.1, 0.15) is 5.82 Å². The molecule has 0 radical (unpaired) electrons. The highest BCUT2D eigenvalue weighted by Crippen LogP contribution is 2.28. The highest BCUT2D eigenvalue weighted by molar-refractivity contribution is 5.81. The number of carbonyl (C=O) groups is 1. The van der Waals surface area contributed by atoms with E-state index in [9.17, 15) is 9.18 Å². The standard InChI is InChI=1S/C12H16FN3O/c1-9-7-14-4-5-16(9)12-3-2-10(13)6-11(12)15-8-17/h2-3,6,8-9,14H,4-5,7H2,1H3,(H,15,17). The summed E-state index contributed by atoms with van der Waals surface area (Å²) in [4.78, 5) is 12.7. The van der Waals surface area contributed by atoms with E-state index in [1.807, 2.05) is 0 Å². The lowest BCUT2D eigenvalue weighted by atomic mass is 10.1. The molecule has 5 heteroatoms. The Bertz CT molecular complexity index is 411. The Labute approximate surface area is 99.8 Å². The number of hydrogen-bond donors (Lipinski definition) is 2. The Balaban J connectivity index is 2.32. The van der Waals surface area contributed by atoms with E-state index in [1.165, 1.54) is 12.1 Å². The van der Waals surface area contributed by atoms with Crippen LogP contribution < -0.4 is 15.5 Å². The van der Waals surface area contributed by atoms with E-state index in [2.05, 4.69) is 22.5 Å². The van der Waals surface area contributed by atoms with Crippen LogP contribution in [0.15, 0.2) is 18.2 Å². The minimum atomic E-state index is -0.346. The number of piperazine rings is 1. The van der Waals surface area contributed by atoms with E-state index >= 15 is 0 Å². The van der Waals surface area contributed by atoms with Crippen molar-refractivity contribution in [2.75, 3.05) is 29.9 Å². The van der Waals surface area contributed by atoms with Crippen LogP contribution in [0.1, 0.15) is 6.92 Å². The highest BCUT2D eigenvalue weighted by atomic mass is 19.1. The first-order valence-corrected chi connectivity index (χ1v) is 5.69. The third-order valence-electron chi connectivity index (χ3n) is 2.98. The maximum Gasteiger partial charge on any atom is 0.211 e. The van der Waals surface area contributed by atoms with Crippen molar-refractivity contribution in [2.24, 2.45) is 0 Å². The predicted octanol–water partition coefficient (Wildman–Crippen LogP) is 1.19. The summed E-state index contributed by atoms with van der Waals surface area (Å²) in [6.07, 6.45) is 0.575. The van der Waals surface area contributed by atoms with Crippen LogP contribution in [0.5, 0.6) is 0 Å². The van der Waals surface area contributed by atoms with Crippen LogP contribution in [-0.4, -0.2) is 32.1 Å². The number of benzene rings is 1. The summed E-state index contributed by atoms with van der Waals surface area (Å²) in [6, 6.07) is 4.79. The third kappa shape index (κ3) is 2.55. The minimum absolute atomic E-state index is 0.321. The number of anilines is 2. The molecule has 1 aliphatic rings. The molecule has 0 saturated carbocycles. The molecule has 4 nitrogen and oxygen atoms in total. The average Bonchev–Trinajstić information content (AvgIpc) is 2.31. The van der Waals surface area contributed by atoms with Gasteiger partial charge in [0, 0.05) is 25.7 Å². The first-order valence-electron chi connectivity index (χ1n) is 5.69. The number of nitrogens with one attached hydrogen (secondary N) is 2. The van der Waals surface area contributed by atoms with Gasteiger partial charge in [-0.1, -0.05) is 0 Å². The zero-order valence-electron chi connectivity index (χ0n) is 9.74. The summed E-state index contributed by atoms with van der Waals surface area (Å²) < 4.78 is 13.1. The molecule has 1 unspecified atom stereocenters. The van der Waals surface area contributed by atoms with Gasteiger partial charge in [-0.3, -0.25) is 4.79 Å². The molecule has 0 spiro atoms. The van der Waals surface area contributed by atoms with Crippen molar-refractivity contribution < 1.29 is 9.18 Å². The lowest BCUT2D eigenvalue weighted by Crippen LogP contribution is -2.50. The van der Waals surface area contributed by atoms with Crippen molar-refractivity contribution in [2.45, 2.75) is 13.0 Å². The third-order valence-corrected chi connectivity index (χ3v) is 2.98. The minimum Gasteiger partial charge on any atom is -0.365 e. The quantitative estimate of drug-likeness (QED) is 0.776. The van der Waals surface area contributed by atoms with Crippen LogP contribution in [0.4, 0.5) is 15.8 Å². The first-order chi connectivity index (χ1) is 8.22. The van der Waals surface area contributed by atoms with Crippen molar-refractivity contribution in [1.82, 2.24) is 5.32 Å². The Morgan fingerprint density at radius 3 is 3.12 bits per heavy atom. The van der Waals surface area contributed by atoms with Gasteiger partial charge in [-0.05, 0) is 25.1 Å². The number of nitrogens with zero attached hydrogens (tertiary/aromatic N) is 1. The van der Waals surface area contributed by atoms with Gasteiger partial charge in [0.15, 0.2) is 0 Å². The van der Waals surface area contributed by atoms with E-state index in [0.29, 0.717) is 18.1 Å². The SMILES string of the molecule is CC1CNCCN1c1ccc(F)cc1NC=O. The molecule has 92 valence electrons. The Hall–Kier alpha value is -1.62. The van der Waals surface area contributed by atoms with E-state index < -0.39 is 0 Å². The Morgan fingerprint density at radius 1 is 1.59 bits per heavy atom. The van der Waals surface area contributed by atoms with Gasteiger partial charge < -0.3 is 15.5 Å². The van der Waals surface area contributed by atoms with Crippen molar-refractivity contribution >= 4 is 17.8 Å². The first kappa shape index (κ1) is 11.9. The molecular formula is C12H16FN3O. The number of rotatable bonds is 3. The van der Waals surface area contributed by atoms with Crippen molar-refractivity contribution in [3.63, 3.8) is 0 Å². The fourth-order valence-corrected chi connectivity index (χ4v) is 2.14. The maximum absolute atomic E-state index is 13.1. The number of carbonyl (C=O) groups excluding carboxylic acids is 1. The second-order valence-corrected chi connectivity index (χ2v) is 4.17. The Kier molecular flexibility index (Phi) is 3.58. The zero-order valence-corrected chi connectivity index (χ0v) is 9.74. The van der Waals surface area contributed by atoms with Gasteiger partial charge in [0.25, 0.3) is 0 Å². The molecule has 0 aromatic heterocycles. The number of amides is 1. The summed E-state index contributed by atoms with van der Waals surface area (Å²) in [6.45, 7) is 4.72. The highest BCUT2D eigenvalue weighted by Gasteiger charge is 2.20. The van der Waals surface area contributed by atoms with Crippen LogP contribution >= 0.6 is 0 Å². The summed E-state index contributed by atoms with van der Waals surface area (Å²) in [7, 11) is 0. The molecule has 0 bridgehead atoms. The number of hydrogen-bond acceptors (Lipinski definition) is 3. The fourth-order valence-electron chi connectivity index (χ4n) is 2.14. The van der Waals surface area contributed by atoms with Crippen LogP contribution in [0.25, 0.3) is 0 Å². The molecule has 1 amide bonds. The molecule has 1 aromatic carbocycles. The van der Waals surface area contributed by atoms with E-state index in [4.69, 9.17) is 0 Å². The fraction of sp³-hybridized carbons (Fsp3) is 0.417.